The molecule has 1 heterocycles. The molecule has 52 valence electrons. The third-order valence-corrected chi connectivity index (χ3v) is 1.90. The predicted molar refractivity (Wildman–Crippen MR) is 40.4 cm³/mol. The summed E-state index contributed by atoms with van der Waals surface area (Å²) in [7, 11) is 0. The van der Waals surface area contributed by atoms with Crippen LogP contribution >= 0.6 is 0 Å². The molecule has 0 spiro atoms. The van der Waals surface area contributed by atoms with E-state index in [0.717, 1.165) is 5.92 Å². The Labute approximate surface area is 57.1 Å². The van der Waals surface area contributed by atoms with E-state index in [1.165, 1.54) is 32.4 Å². The van der Waals surface area contributed by atoms with Gasteiger partial charge in [-0.05, 0) is 38.3 Å². The van der Waals surface area contributed by atoms with Crippen LogP contribution < -0.4 is 5.32 Å². The maximum atomic E-state index is 3.73. The van der Waals surface area contributed by atoms with E-state index in [1.54, 1.807) is 0 Å². The molecular weight excluding hydrogens is 111 g/mol. The maximum absolute atomic E-state index is 3.73. The van der Waals surface area contributed by atoms with Crippen molar-refractivity contribution < 1.29 is 0 Å². The first-order chi connectivity index (χ1) is 4.43. The summed E-state index contributed by atoms with van der Waals surface area (Å²) in [5, 5.41) is 3.37. The van der Waals surface area contributed by atoms with Gasteiger partial charge in [0.15, 0.2) is 0 Å². The van der Waals surface area contributed by atoms with Crippen LogP contribution in [0.5, 0.6) is 0 Å². The second-order valence-corrected chi connectivity index (χ2v) is 2.74. The van der Waals surface area contributed by atoms with Gasteiger partial charge in [-0.25, -0.2) is 0 Å². The molecule has 1 unspecified atom stereocenters. The van der Waals surface area contributed by atoms with E-state index in [2.05, 4.69) is 11.9 Å². The van der Waals surface area contributed by atoms with Gasteiger partial charge in [0.25, 0.3) is 0 Å². The van der Waals surface area contributed by atoms with E-state index >= 15 is 0 Å². The second kappa shape index (κ2) is 3.67. The normalized spacial score (nSPS) is 27.8. The highest BCUT2D eigenvalue weighted by molar-refractivity contribution is 4.77. The van der Waals surface area contributed by atoms with E-state index in [-0.39, 0.29) is 0 Å². The molecule has 0 aromatic carbocycles. The van der Waals surface area contributed by atoms with E-state index in [1.807, 2.05) is 6.08 Å². The minimum atomic E-state index is 0.872. The monoisotopic (exact) mass is 126 g/mol. The zero-order valence-corrected chi connectivity index (χ0v) is 5.90. The molecule has 1 aliphatic heterocycles. The van der Waals surface area contributed by atoms with Gasteiger partial charge in [0.2, 0.25) is 0 Å². The molecule has 0 bridgehead atoms. The fourth-order valence-corrected chi connectivity index (χ4v) is 1.36. The number of piperidine rings is 1. The molecule has 1 saturated heterocycles. The first kappa shape index (κ1) is 6.81. The average Bonchev–Trinajstić information content (AvgIpc) is 1.91. The number of rotatable bonds is 2. The average molecular weight is 126 g/mol. The van der Waals surface area contributed by atoms with Crippen molar-refractivity contribution in [2.24, 2.45) is 5.92 Å². The standard InChI is InChI=1S/C8H15N/c1-2-4-8-5-3-6-9-7-8/h2,8-9H,1,3-7H2/i7+1. The van der Waals surface area contributed by atoms with Crippen LogP contribution in [0, 0.1) is 5.92 Å². The predicted octanol–water partition coefficient (Wildman–Crippen LogP) is 1.56. The Bertz CT molecular complexity index is 82.6. The molecule has 0 radical (unpaired) electrons. The topological polar surface area (TPSA) is 12.0 Å². The van der Waals surface area contributed by atoms with Gasteiger partial charge < -0.3 is 5.32 Å². The van der Waals surface area contributed by atoms with Gasteiger partial charge in [-0.15, -0.1) is 6.58 Å². The molecule has 9 heavy (non-hydrogen) atoms. The Morgan fingerprint density at radius 1 is 1.67 bits per heavy atom. The SMILES string of the molecule is C=CCC1CCCN[13CH2]1. The smallest absolute Gasteiger partial charge is 0.00175 e. The summed E-state index contributed by atoms with van der Waals surface area (Å²) in [5.74, 6) is 0.872. The van der Waals surface area contributed by atoms with Gasteiger partial charge in [-0.1, -0.05) is 6.08 Å². The zero-order chi connectivity index (χ0) is 6.53. The zero-order valence-electron chi connectivity index (χ0n) is 5.90. The summed E-state index contributed by atoms with van der Waals surface area (Å²) < 4.78 is 0. The highest BCUT2D eigenvalue weighted by atomic mass is 15.0. The lowest BCUT2D eigenvalue weighted by Gasteiger charge is -2.20. The summed E-state index contributed by atoms with van der Waals surface area (Å²) in [4.78, 5) is 0. The van der Waals surface area contributed by atoms with Crippen LogP contribution in [0.2, 0.25) is 0 Å². The molecule has 0 aromatic rings. The van der Waals surface area contributed by atoms with Crippen LogP contribution in [0.4, 0.5) is 0 Å². The minimum absolute atomic E-state index is 0.872. The van der Waals surface area contributed by atoms with Crippen molar-refractivity contribution in [1.29, 1.82) is 0 Å². The summed E-state index contributed by atoms with van der Waals surface area (Å²) >= 11 is 0. The van der Waals surface area contributed by atoms with Crippen molar-refractivity contribution >= 4 is 0 Å². The first-order valence-corrected chi connectivity index (χ1v) is 3.75. The second-order valence-electron chi connectivity index (χ2n) is 2.74. The minimum Gasteiger partial charge on any atom is -0.316 e. The number of hydrogen-bond acceptors (Lipinski definition) is 1. The van der Waals surface area contributed by atoms with Gasteiger partial charge in [-0.3, -0.25) is 0 Å². The molecule has 0 aromatic heterocycles. The van der Waals surface area contributed by atoms with Gasteiger partial charge in [0, 0.05) is 0 Å². The lowest BCUT2D eigenvalue weighted by Crippen LogP contribution is -2.29. The summed E-state index contributed by atoms with van der Waals surface area (Å²) in [5.41, 5.74) is 0. The van der Waals surface area contributed by atoms with E-state index < -0.39 is 0 Å². The van der Waals surface area contributed by atoms with Crippen molar-refractivity contribution in [2.75, 3.05) is 13.1 Å². The number of allylic oxidation sites excluding steroid dienone is 1. The molecule has 0 amide bonds. The van der Waals surface area contributed by atoms with Crippen LogP contribution in [0.3, 0.4) is 0 Å². The van der Waals surface area contributed by atoms with Gasteiger partial charge in [-0.2, -0.15) is 0 Å². The molecule has 1 atom stereocenters. The van der Waals surface area contributed by atoms with Crippen molar-refractivity contribution in [2.45, 2.75) is 19.3 Å². The summed E-state index contributed by atoms with van der Waals surface area (Å²) in [6.45, 7) is 6.14. The van der Waals surface area contributed by atoms with Crippen molar-refractivity contribution in [3.63, 3.8) is 0 Å². The molecule has 1 N–H and O–H groups in total. The quantitative estimate of drug-likeness (QED) is 0.437. The van der Waals surface area contributed by atoms with E-state index in [0.29, 0.717) is 0 Å². The highest BCUT2D eigenvalue weighted by Gasteiger charge is 2.09. The van der Waals surface area contributed by atoms with Crippen molar-refractivity contribution in [3.05, 3.63) is 12.7 Å². The first-order valence-electron chi connectivity index (χ1n) is 3.75. The molecule has 1 fully saturated rings. The molecule has 1 aliphatic rings. The largest absolute Gasteiger partial charge is 0.316 e. The molecular formula is C8H15N. The summed E-state index contributed by atoms with van der Waals surface area (Å²) in [6, 6.07) is 0. The Morgan fingerprint density at radius 3 is 3.11 bits per heavy atom. The summed E-state index contributed by atoms with van der Waals surface area (Å²) in [6.07, 6.45) is 5.95. The fourth-order valence-electron chi connectivity index (χ4n) is 1.36. The van der Waals surface area contributed by atoms with Crippen molar-refractivity contribution in [1.82, 2.24) is 5.32 Å². The Balaban J connectivity index is 2.15. The molecule has 0 aliphatic carbocycles. The highest BCUT2D eigenvalue weighted by Crippen LogP contribution is 2.13. The van der Waals surface area contributed by atoms with E-state index in [4.69, 9.17) is 0 Å². The van der Waals surface area contributed by atoms with Gasteiger partial charge in [0.05, 0.1) is 0 Å². The van der Waals surface area contributed by atoms with Crippen molar-refractivity contribution in [3.8, 4) is 0 Å². The molecule has 1 heteroatoms. The van der Waals surface area contributed by atoms with Gasteiger partial charge in [0.1, 0.15) is 0 Å². The Hall–Kier alpha value is -0.300. The number of nitrogens with one attached hydrogen (secondary N) is 1. The van der Waals surface area contributed by atoms with Gasteiger partial charge >= 0.3 is 0 Å². The van der Waals surface area contributed by atoms with Crippen LogP contribution in [-0.4, -0.2) is 13.1 Å². The Kier molecular flexibility index (Phi) is 2.78. The van der Waals surface area contributed by atoms with Crippen LogP contribution in [-0.2, 0) is 0 Å². The maximum Gasteiger partial charge on any atom is -0.00175 e. The van der Waals surface area contributed by atoms with Crippen LogP contribution in [0.1, 0.15) is 19.3 Å². The third-order valence-electron chi connectivity index (χ3n) is 1.90. The lowest BCUT2D eigenvalue weighted by atomic mass is 10.0. The Morgan fingerprint density at radius 2 is 2.56 bits per heavy atom. The fraction of sp³-hybridized carbons (Fsp3) is 0.750. The third kappa shape index (κ3) is 2.19. The molecule has 1 rings (SSSR count). The molecule has 1 nitrogen and oxygen atoms in total. The van der Waals surface area contributed by atoms with Crippen LogP contribution in [0.15, 0.2) is 12.7 Å². The number of hydrogen-bond donors (Lipinski definition) is 1. The van der Waals surface area contributed by atoms with E-state index in [9.17, 15) is 0 Å². The lowest BCUT2D eigenvalue weighted by molar-refractivity contribution is 0.381. The molecule has 0 saturated carbocycles. The van der Waals surface area contributed by atoms with Crippen LogP contribution in [0.25, 0.3) is 0 Å².